The molecule has 3 heterocycles. The average molecular weight is 448 g/mol. The van der Waals surface area contributed by atoms with Gasteiger partial charge in [-0.3, -0.25) is 19.7 Å². The van der Waals surface area contributed by atoms with E-state index in [9.17, 15) is 14.4 Å². The molecule has 5 rings (SSSR count). The molecule has 1 fully saturated rings. The lowest BCUT2D eigenvalue weighted by molar-refractivity contribution is -0.136. The van der Waals surface area contributed by atoms with E-state index in [0.717, 1.165) is 21.0 Å². The molecule has 32 heavy (non-hydrogen) atoms. The summed E-state index contributed by atoms with van der Waals surface area (Å²) in [4.78, 5) is 43.7. The second kappa shape index (κ2) is 8.20. The number of hydrogen-bond acceptors (Lipinski definition) is 6. The molecule has 8 heteroatoms. The number of amides is 3. The van der Waals surface area contributed by atoms with Crippen LogP contribution >= 0.6 is 11.3 Å². The van der Waals surface area contributed by atoms with Gasteiger partial charge in [0.2, 0.25) is 11.8 Å². The van der Waals surface area contributed by atoms with Crippen LogP contribution in [-0.2, 0) is 22.7 Å². The van der Waals surface area contributed by atoms with Crippen molar-refractivity contribution in [1.29, 1.82) is 0 Å². The predicted octanol–water partition coefficient (Wildman–Crippen LogP) is 3.46. The highest BCUT2D eigenvalue weighted by Gasteiger charge is 2.40. The lowest BCUT2D eigenvalue weighted by Gasteiger charge is -2.29. The summed E-state index contributed by atoms with van der Waals surface area (Å²) in [5.74, 6) is -0.322. The van der Waals surface area contributed by atoms with Crippen LogP contribution in [0.3, 0.4) is 0 Å². The number of hydrogen-bond donors (Lipinski definition) is 1. The van der Waals surface area contributed by atoms with E-state index in [-0.39, 0.29) is 24.8 Å². The molecule has 0 radical (unpaired) electrons. The van der Waals surface area contributed by atoms with E-state index in [4.69, 9.17) is 4.74 Å². The quantitative estimate of drug-likeness (QED) is 0.605. The number of nitrogens with one attached hydrogen (secondary N) is 1. The summed E-state index contributed by atoms with van der Waals surface area (Å²) in [5.41, 5.74) is 3.62. The minimum Gasteiger partial charge on any atom is -0.486 e. The van der Waals surface area contributed by atoms with E-state index >= 15 is 0 Å². The molecule has 1 N–H and O–H groups in total. The fourth-order valence-electron chi connectivity index (χ4n) is 4.06. The molecule has 0 spiro atoms. The number of imide groups is 1. The molecule has 1 unspecified atom stereocenters. The highest BCUT2D eigenvalue weighted by atomic mass is 32.1. The molecule has 3 aromatic rings. The highest BCUT2D eigenvalue weighted by Crippen LogP contribution is 2.34. The first-order valence-corrected chi connectivity index (χ1v) is 11.2. The zero-order valence-electron chi connectivity index (χ0n) is 17.5. The van der Waals surface area contributed by atoms with E-state index < -0.39 is 11.9 Å². The second-order valence-electron chi connectivity index (χ2n) is 7.96. The van der Waals surface area contributed by atoms with Gasteiger partial charge in [0.05, 0.1) is 11.4 Å². The van der Waals surface area contributed by atoms with E-state index in [2.05, 4.69) is 41.5 Å². The number of carbonyl (C=O) groups is 3. The van der Waals surface area contributed by atoms with Crippen LogP contribution in [0.15, 0.2) is 48.7 Å². The molecule has 1 aromatic heterocycles. The Morgan fingerprint density at radius 2 is 1.97 bits per heavy atom. The van der Waals surface area contributed by atoms with Gasteiger partial charge in [0, 0.05) is 23.7 Å². The summed E-state index contributed by atoms with van der Waals surface area (Å²) in [6.45, 7) is 2.63. The van der Waals surface area contributed by atoms with Crippen molar-refractivity contribution in [3.05, 3.63) is 70.4 Å². The molecule has 2 aliphatic rings. The first-order chi connectivity index (χ1) is 15.5. The number of aromatic nitrogens is 1. The Morgan fingerprint density at radius 1 is 1.16 bits per heavy atom. The number of fused-ring (bicyclic) bond motifs is 1. The molecule has 2 aromatic carbocycles. The first-order valence-electron chi connectivity index (χ1n) is 10.4. The highest BCUT2D eigenvalue weighted by molar-refractivity contribution is 7.15. The van der Waals surface area contributed by atoms with Crippen LogP contribution < -0.4 is 10.1 Å². The van der Waals surface area contributed by atoms with E-state index in [1.165, 1.54) is 10.5 Å². The number of rotatable bonds is 5. The summed E-state index contributed by atoms with van der Waals surface area (Å²) in [6, 6.07) is 13.0. The Kier molecular flexibility index (Phi) is 5.22. The van der Waals surface area contributed by atoms with Gasteiger partial charge in [0.15, 0.2) is 0 Å². The van der Waals surface area contributed by atoms with Crippen LogP contribution in [0.4, 0.5) is 0 Å². The Bertz CT molecular complexity index is 1220. The van der Waals surface area contributed by atoms with Crippen LogP contribution in [0.25, 0.3) is 10.4 Å². The number of aryl methyl sites for hydroxylation is 1. The summed E-state index contributed by atoms with van der Waals surface area (Å²) in [6.07, 6.45) is 2.41. The zero-order valence-corrected chi connectivity index (χ0v) is 18.3. The molecular weight excluding hydrogens is 426 g/mol. The molecule has 2 aliphatic heterocycles. The maximum Gasteiger partial charge on any atom is 0.255 e. The summed E-state index contributed by atoms with van der Waals surface area (Å²) >= 11 is 1.57. The SMILES string of the molecule is Cc1ccc(-c2cnc(COc3cccc4c3CN(C3CCC(=O)NC3=O)C4=O)s2)cc1. The van der Waals surface area contributed by atoms with Crippen molar-refractivity contribution in [2.45, 2.75) is 39.0 Å². The van der Waals surface area contributed by atoms with E-state index in [1.54, 1.807) is 23.5 Å². The van der Waals surface area contributed by atoms with E-state index in [1.807, 2.05) is 12.3 Å². The molecule has 3 amide bonds. The van der Waals surface area contributed by atoms with Crippen LogP contribution in [0.2, 0.25) is 0 Å². The normalized spacial score (nSPS) is 18.0. The summed E-state index contributed by atoms with van der Waals surface area (Å²) in [5, 5.41) is 3.16. The van der Waals surface area contributed by atoms with Crippen molar-refractivity contribution in [1.82, 2.24) is 15.2 Å². The standard InChI is InChI=1S/C24H21N3O4S/c1-14-5-7-15(8-6-14)20-11-25-22(32-20)13-31-19-4-2-3-16-17(19)12-27(24(16)30)18-9-10-21(28)26-23(18)29/h2-8,11,18H,9-10,12-13H2,1H3,(H,26,28,29). The van der Waals surface area contributed by atoms with Crippen molar-refractivity contribution in [2.24, 2.45) is 0 Å². The molecule has 0 saturated carbocycles. The number of benzene rings is 2. The van der Waals surface area contributed by atoms with Gasteiger partial charge in [-0.1, -0.05) is 35.9 Å². The number of ether oxygens (including phenoxy) is 1. The molecule has 0 aliphatic carbocycles. The Balaban J connectivity index is 1.31. The monoisotopic (exact) mass is 447 g/mol. The van der Waals surface area contributed by atoms with E-state index in [0.29, 0.717) is 24.3 Å². The molecule has 1 saturated heterocycles. The zero-order chi connectivity index (χ0) is 22.2. The van der Waals surface area contributed by atoms with Gasteiger partial charge in [-0.05, 0) is 31.0 Å². The maximum absolute atomic E-state index is 12.9. The number of carbonyl (C=O) groups excluding carboxylic acids is 3. The van der Waals surface area contributed by atoms with Gasteiger partial charge in [-0.25, -0.2) is 4.98 Å². The molecule has 7 nitrogen and oxygen atoms in total. The largest absolute Gasteiger partial charge is 0.486 e. The Hall–Kier alpha value is -3.52. The third-order valence-electron chi connectivity index (χ3n) is 5.78. The molecule has 0 bridgehead atoms. The summed E-state index contributed by atoms with van der Waals surface area (Å²) < 4.78 is 6.05. The third kappa shape index (κ3) is 3.78. The van der Waals surface area contributed by atoms with Gasteiger partial charge in [0.1, 0.15) is 23.4 Å². The van der Waals surface area contributed by atoms with Crippen LogP contribution in [-0.4, -0.2) is 33.6 Å². The average Bonchev–Trinajstić information content (AvgIpc) is 3.38. The topological polar surface area (TPSA) is 88.6 Å². The van der Waals surface area contributed by atoms with Gasteiger partial charge >= 0.3 is 0 Å². The Labute approximate surface area is 189 Å². The fraction of sp³-hybridized carbons (Fsp3) is 0.250. The smallest absolute Gasteiger partial charge is 0.255 e. The fourth-order valence-corrected chi connectivity index (χ4v) is 4.90. The predicted molar refractivity (Wildman–Crippen MR) is 119 cm³/mol. The minimum absolute atomic E-state index is 0.212. The van der Waals surface area contributed by atoms with Crippen molar-refractivity contribution in [2.75, 3.05) is 0 Å². The van der Waals surface area contributed by atoms with Crippen LogP contribution in [0.1, 0.15) is 39.3 Å². The minimum atomic E-state index is -0.642. The lowest BCUT2D eigenvalue weighted by Crippen LogP contribution is -2.52. The molecular formula is C24H21N3O4S. The second-order valence-corrected chi connectivity index (χ2v) is 9.07. The van der Waals surface area contributed by atoms with Crippen LogP contribution in [0, 0.1) is 6.92 Å². The molecule has 162 valence electrons. The van der Waals surface area contributed by atoms with Gasteiger partial charge in [0.25, 0.3) is 5.91 Å². The Morgan fingerprint density at radius 3 is 2.75 bits per heavy atom. The number of nitrogens with zero attached hydrogens (tertiary/aromatic N) is 2. The van der Waals surface area contributed by atoms with Crippen molar-refractivity contribution in [3.63, 3.8) is 0 Å². The molecule has 1 atom stereocenters. The van der Waals surface area contributed by atoms with Gasteiger partial charge in [-0.2, -0.15) is 0 Å². The number of piperidine rings is 1. The lowest BCUT2D eigenvalue weighted by atomic mass is 10.0. The van der Waals surface area contributed by atoms with Gasteiger partial charge in [-0.15, -0.1) is 11.3 Å². The van der Waals surface area contributed by atoms with Crippen molar-refractivity contribution in [3.8, 4) is 16.2 Å². The maximum atomic E-state index is 12.9. The first kappa shape index (κ1) is 20.4. The van der Waals surface area contributed by atoms with Crippen molar-refractivity contribution >= 4 is 29.1 Å². The van der Waals surface area contributed by atoms with Crippen molar-refractivity contribution < 1.29 is 19.1 Å². The van der Waals surface area contributed by atoms with Gasteiger partial charge < -0.3 is 9.64 Å². The van der Waals surface area contributed by atoms with Crippen LogP contribution in [0.5, 0.6) is 5.75 Å². The third-order valence-corrected chi connectivity index (χ3v) is 6.80. The number of thiazole rings is 1. The summed E-state index contributed by atoms with van der Waals surface area (Å²) in [7, 11) is 0.